The smallest absolute Gasteiger partial charge is 0.00432 e. The second kappa shape index (κ2) is 4.78. The fraction of sp³-hybridized carbons (Fsp3) is 0.333. The first-order chi connectivity index (χ1) is 3.85. The van der Waals surface area contributed by atoms with E-state index >= 15 is 0 Å². The van der Waals surface area contributed by atoms with Crippen LogP contribution in [0, 0.1) is 0 Å². The van der Waals surface area contributed by atoms with Crippen LogP contribution >= 0.6 is 11.8 Å². The van der Waals surface area contributed by atoms with Gasteiger partial charge in [-0.1, -0.05) is 13.5 Å². The van der Waals surface area contributed by atoms with Crippen molar-refractivity contribution in [1.82, 2.24) is 0 Å². The van der Waals surface area contributed by atoms with E-state index in [9.17, 15) is 0 Å². The Morgan fingerprint density at radius 2 is 2.50 bits per heavy atom. The van der Waals surface area contributed by atoms with E-state index < -0.39 is 0 Å². The van der Waals surface area contributed by atoms with Gasteiger partial charge in [-0.2, -0.15) is 0 Å². The van der Waals surface area contributed by atoms with Crippen LogP contribution in [0.2, 0.25) is 0 Å². The molecule has 0 aromatic rings. The number of hydrogen-bond acceptors (Lipinski definition) is 2. The van der Waals surface area contributed by atoms with E-state index in [4.69, 9.17) is 5.73 Å². The van der Waals surface area contributed by atoms with Crippen LogP contribution in [-0.2, 0) is 0 Å². The van der Waals surface area contributed by atoms with Crippen molar-refractivity contribution in [2.24, 2.45) is 5.73 Å². The van der Waals surface area contributed by atoms with Crippen molar-refractivity contribution >= 4 is 11.8 Å². The highest BCUT2D eigenvalue weighted by molar-refractivity contribution is 8.05. The second-order valence-corrected chi connectivity index (χ2v) is 2.36. The number of hydrogen-bond donors (Lipinski definition) is 1. The first-order valence-corrected chi connectivity index (χ1v) is 3.41. The second-order valence-electron chi connectivity index (χ2n) is 1.27. The van der Waals surface area contributed by atoms with Crippen LogP contribution in [0.1, 0.15) is 13.3 Å². The summed E-state index contributed by atoms with van der Waals surface area (Å²) in [6, 6.07) is 0. The van der Waals surface area contributed by atoms with Crippen LogP contribution in [-0.4, -0.2) is 0 Å². The maximum absolute atomic E-state index is 5.24. The van der Waals surface area contributed by atoms with Crippen LogP contribution in [0.4, 0.5) is 0 Å². The molecule has 0 aromatic heterocycles. The summed E-state index contributed by atoms with van der Waals surface area (Å²) in [4.78, 5) is 1.17. The van der Waals surface area contributed by atoms with Gasteiger partial charge in [-0.3, -0.25) is 0 Å². The van der Waals surface area contributed by atoms with Gasteiger partial charge in [0.15, 0.2) is 0 Å². The standard InChI is InChI=1S/C6H11NS/c1-3-6(5-7)8-4-2/h4-5H,2-3,7H2,1H3/b6-5-. The molecule has 1 nitrogen and oxygen atoms in total. The van der Waals surface area contributed by atoms with E-state index in [-0.39, 0.29) is 0 Å². The Morgan fingerprint density at radius 3 is 2.62 bits per heavy atom. The van der Waals surface area contributed by atoms with E-state index in [1.54, 1.807) is 23.4 Å². The molecule has 0 aliphatic rings. The van der Waals surface area contributed by atoms with Crippen LogP contribution in [0.25, 0.3) is 0 Å². The first kappa shape index (κ1) is 7.63. The highest BCUT2D eigenvalue weighted by Crippen LogP contribution is 2.17. The van der Waals surface area contributed by atoms with Gasteiger partial charge in [-0.05, 0) is 11.8 Å². The lowest BCUT2D eigenvalue weighted by molar-refractivity contribution is 1.19. The largest absolute Gasteiger partial charge is 0.404 e. The molecule has 0 aromatic carbocycles. The molecule has 0 aliphatic heterocycles. The fourth-order valence-corrected chi connectivity index (χ4v) is 0.807. The zero-order chi connectivity index (χ0) is 6.41. The van der Waals surface area contributed by atoms with Crippen LogP contribution in [0.5, 0.6) is 0 Å². The molecule has 2 heteroatoms. The number of thioether (sulfide) groups is 1. The monoisotopic (exact) mass is 129 g/mol. The van der Waals surface area contributed by atoms with Crippen molar-refractivity contribution in [3.63, 3.8) is 0 Å². The van der Waals surface area contributed by atoms with E-state index in [0.29, 0.717) is 0 Å². The molecule has 0 unspecified atom stereocenters. The van der Waals surface area contributed by atoms with E-state index in [1.165, 1.54) is 4.91 Å². The molecule has 0 aliphatic carbocycles. The van der Waals surface area contributed by atoms with Gasteiger partial charge in [-0.25, -0.2) is 0 Å². The van der Waals surface area contributed by atoms with Gasteiger partial charge in [-0.15, -0.1) is 11.8 Å². The predicted molar refractivity (Wildman–Crippen MR) is 40.3 cm³/mol. The minimum absolute atomic E-state index is 0.993. The van der Waals surface area contributed by atoms with Crippen molar-refractivity contribution < 1.29 is 0 Å². The Labute approximate surface area is 54.6 Å². The molecule has 0 rings (SSSR count). The Hall–Kier alpha value is -0.370. The van der Waals surface area contributed by atoms with Crippen LogP contribution in [0.3, 0.4) is 0 Å². The molecule has 0 saturated heterocycles. The fourth-order valence-electron chi connectivity index (χ4n) is 0.348. The molecule has 0 fully saturated rings. The van der Waals surface area contributed by atoms with Crippen molar-refractivity contribution in [3.05, 3.63) is 23.1 Å². The van der Waals surface area contributed by atoms with Gasteiger partial charge in [0.05, 0.1) is 0 Å². The summed E-state index contributed by atoms with van der Waals surface area (Å²) in [6.45, 7) is 5.63. The molecular formula is C6H11NS. The quantitative estimate of drug-likeness (QED) is 0.631. The lowest BCUT2D eigenvalue weighted by Gasteiger charge is -1.93. The van der Waals surface area contributed by atoms with E-state index in [2.05, 4.69) is 13.5 Å². The Balaban J connectivity index is 3.53. The third-order valence-corrected chi connectivity index (χ3v) is 1.66. The van der Waals surface area contributed by atoms with Gasteiger partial charge in [0.25, 0.3) is 0 Å². The first-order valence-electron chi connectivity index (χ1n) is 2.53. The molecule has 0 bridgehead atoms. The lowest BCUT2D eigenvalue weighted by atomic mass is 10.5. The summed E-state index contributed by atoms with van der Waals surface area (Å²) in [5.74, 6) is 0. The van der Waals surface area contributed by atoms with E-state index in [1.807, 2.05) is 0 Å². The molecule has 8 heavy (non-hydrogen) atoms. The molecular weight excluding hydrogens is 118 g/mol. The van der Waals surface area contributed by atoms with Crippen LogP contribution < -0.4 is 5.73 Å². The number of nitrogens with two attached hydrogens (primary N) is 1. The Morgan fingerprint density at radius 1 is 1.88 bits per heavy atom. The molecule has 0 spiro atoms. The molecule has 0 saturated carbocycles. The normalized spacial score (nSPS) is 11.4. The van der Waals surface area contributed by atoms with Crippen LogP contribution in [0.15, 0.2) is 23.1 Å². The van der Waals surface area contributed by atoms with Crippen molar-refractivity contribution in [1.29, 1.82) is 0 Å². The van der Waals surface area contributed by atoms with Gasteiger partial charge in [0.2, 0.25) is 0 Å². The maximum Gasteiger partial charge on any atom is 0.00432 e. The summed E-state index contributed by atoms with van der Waals surface area (Å²) in [5.41, 5.74) is 5.24. The molecule has 0 heterocycles. The molecule has 0 amide bonds. The van der Waals surface area contributed by atoms with Gasteiger partial charge in [0, 0.05) is 11.1 Å². The van der Waals surface area contributed by atoms with E-state index in [0.717, 1.165) is 6.42 Å². The summed E-state index contributed by atoms with van der Waals surface area (Å²) in [5, 5.41) is 1.78. The third-order valence-electron chi connectivity index (χ3n) is 0.769. The Kier molecular flexibility index (Phi) is 4.56. The van der Waals surface area contributed by atoms with Gasteiger partial charge in [0.1, 0.15) is 0 Å². The Bertz CT molecular complexity index is 96.7. The number of rotatable bonds is 3. The van der Waals surface area contributed by atoms with Crippen molar-refractivity contribution in [2.75, 3.05) is 0 Å². The minimum Gasteiger partial charge on any atom is -0.404 e. The predicted octanol–water partition coefficient (Wildman–Crippen LogP) is 2.07. The zero-order valence-corrected chi connectivity index (χ0v) is 5.87. The lowest BCUT2D eigenvalue weighted by Crippen LogP contribution is -1.80. The summed E-state index contributed by atoms with van der Waals surface area (Å²) in [6.07, 6.45) is 2.61. The van der Waals surface area contributed by atoms with Crippen molar-refractivity contribution in [2.45, 2.75) is 13.3 Å². The highest BCUT2D eigenvalue weighted by atomic mass is 32.2. The minimum atomic E-state index is 0.993. The average Bonchev–Trinajstić information content (AvgIpc) is 1.83. The number of allylic oxidation sites excluding steroid dienone is 1. The molecule has 0 radical (unpaired) electrons. The molecule has 0 atom stereocenters. The summed E-state index contributed by atoms with van der Waals surface area (Å²) in [7, 11) is 0. The molecule has 2 N–H and O–H groups in total. The highest BCUT2D eigenvalue weighted by Gasteiger charge is 1.85. The SMILES string of the molecule is C=CS/C(=C\N)CC. The van der Waals surface area contributed by atoms with Crippen molar-refractivity contribution in [3.8, 4) is 0 Å². The average molecular weight is 129 g/mol. The summed E-state index contributed by atoms with van der Waals surface area (Å²) < 4.78 is 0. The zero-order valence-electron chi connectivity index (χ0n) is 5.05. The molecule has 46 valence electrons. The topological polar surface area (TPSA) is 26.0 Å². The third kappa shape index (κ3) is 2.75. The van der Waals surface area contributed by atoms with Gasteiger partial charge >= 0.3 is 0 Å². The maximum atomic E-state index is 5.24. The summed E-state index contributed by atoms with van der Waals surface area (Å²) >= 11 is 1.58. The van der Waals surface area contributed by atoms with Gasteiger partial charge < -0.3 is 5.73 Å².